The van der Waals surface area contributed by atoms with Crippen LogP contribution in [-0.4, -0.2) is 5.97 Å². The molecule has 68 valence electrons. The summed E-state index contributed by atoms with van der Waals surface area (Å²) in [6.07, 6.45) is 0. The molecule has 0 amide bonds. The number of rotatable bonds is 2. The van der Waals surface area contributed by atoms with Crippen molar-refractivity contribution >= 4 is 5.97 Å². The molecule has 0 radical (unpaired) electrons. The van der Waals surface area contributed by atoms with Crippen molar-refractivity contribution in [3.8, 4) is 0 Å². The maximum absolute atomic E-state index is 10.4. The van der Waals surface area contributed by atoms with Crippen LogP contribution in [0.3, 0.4) is 0 Å². The van der Waals surface area contributed by atoms with Crippen LogP contribution in [-0.2, 0) is 27.2 Å². The van der Waals surface area contributed by atoms with Gasteiger partial charge in [0.05, 0.1) is 0 Å². The van der Waals surface area contributed by atoms with E-state index in [-0.39, 0.29) is 22.4 Å². The fraction of sp³-hybridized carbons (Fsp3) is 0.222. The van der Waals surface area contributed by atoms with Gasteiger partial charge in [0, 0.05) is 11.9 Å². The number of aliphatic carboxylic acids is 1. The summed E-state index contributed by atoms with van der Waals surface area (Å²) in [5.41, 5.74) is 0.785. The largest absolute Gasteiger partial charge is 1.00 e. The monoisotopic (exact) mass is 256 g/mol. The minimum atomic E-state index is -1.03. The van der Waals surface area contributed by atoms with Gasteiger partial charge in [-0.3, -0.25) is 0 Å². The topological polar surface area (TPSA) is 40.1 Å². The van der Waals surface area contributed by atoms with Crippen LogP contribution in [0, 0.1) is 0 Å². The molecule has 0 fully saturated rings. The molecule has 1 aromatic carbocycles. The number of carbonyl (C=O) groups excluding carboxylic acids is 1. The Kier molecular flexibility index (Phi) is 4.90. The van der Waals surface area contributed by atoms with Gasteiger partial charge < -0.3 is 9.90 Å². The first kappa shape index (κ1) is 11.4. The van der Waals surface area contributed by atoms with Crippen LogP contribution in [0.25, 0.3) is 0 Å². The summed E-state index contributed by atoms with van der Waals surface area (Å²) >= 11 is 0. The van der Waals surface area contributed by atoms with Gasteiger partial charge in [-0.2, -0.15) is 0 Å². The van der Waals surface area contributed by atoms with Gasteiger partial charge in [0.15, 0.2) is 0 Å². The Balaban J connectivity index is 0.00000121. The zero-order chi connectivity index (χ0) is 8.27. The molecule has 1 aromatic rings. The normalized spacial score (nSPS) is 11.4. The second-order valence-electron chi connectivity index (χ2n) is 2.45. The molecule has 1 rings (SSSR count). The number of carboxylic acid groups (broad SMARTS) is 1. The Labute approximate surface area is 87.1 Å². The smallest absolute Gasteiger partial charge is 0.550 e. The minimum absolute atomic E-state index is 0. The third-order valence-corrected chi connectivity index (χ3v) is 1.65. The van der Waals surface area contributed by atoms with Crippen molar-refractivity contribution in [2.45, 2.75) is 12.8 Å². The van der Waals surface area contributed by atoms with Crippen LogP contribution < -0.4 is 5.11 Å². The van der Waals surface area contributed by atoms with Gasteiger partial charge >= 0.3 is 22.4 Å². The molecule has 0 aliphatic carbocycles. The van der Waals surface area contributed by atoms with Crippen molar-refractivity contribution in [1.82, 2.24) is 0 Å². The number of hydrogen-bond donors (Lipinski definition) is 0. The fourth-order valence-electron chi connectivity index (χ4n) is 0.878. The van der Waals surface area contributed by atoms with E-state index in [2.05, 4.69) is 0 Å². The first-order valence-electron chi connectivity index (χ1n) is 3.47. The summed E-state index contributed by atoms with van der Waals surface area (Å²) in [6.45, 7) is 1.62. The Bertz CT molecular complexity index is 246. The van der Waals surface area contributed by atoms with Crippen molar-refractivity contribution in [1.29, 1.82) is 0 Å². The molecule has 0 bridgehead atoms. The average Bonchev–Trinajstić information content (AvgIpc) is 2.05. The van der Waals surface area contributed by atoms with Gasteiger partial charge in [0.25, 0.3) is 0 Å². The standard InChI is InChI=1S/C9H10O2.Ag/c1-7(9(10)11)8-5-3-2-4-6-8;/h2-7H,1H3,(H,10,11);/q;+1/p-1/t7-;/m1./s1. The van der Waals surface area contributed by atoms with Crippen molar-refractivity contribution in [2.75, 3.05) is 0 Å². The van der Waals surface area contributed by atoms with E-state index >= 15 is 0 Å². The second kappa shape index (κ2) is 5.14. The van der Waals surface area contributed by atoms with Crippen LogP contribution in [0.15, 0.2) is 30.3 Å². The van der Waals surface area contributed by atoms with Gasteiger partial charge in [-0.1, -0.05) is 37.3 Å². The van der Waals surface area contributed by atoms with Gasteiger partial charge in [-0.05, 0) is 5.56 Å². The summed E-state index contributed by atoms with van der Waals surface area (Å²) in [7, 11) is 0. The zero-order valence-electron chi connectivity index (χ0n) is 6.58. The summed E-state index contributed by atoms with van der Waals surface area (Å²) in [5, 5.41) is 10.4. The van der Waals surface area contributed by atoms with Crippen LogP contribution in [0.5, 0.6) is 0 Å². The van der Waals surface area contributed by atoms with Gasteiger partial charge in [0.2, 0.25) is 0 Å². The van der Waals surface area contributed by atoms with Crippen molar-refractivity contribution in [3.63, 3.8) is 0 Å². The summed E-state index contributed by atoms with van der Waals surface area (Å²) in [6, 6.07) is 9.04. The molecule has 0 unspecified atom stereocenters. The van der Waals surface area contributed by atoms with E-state index in [1.165, 1.54) is 0 Å². The molecule has 0 N–H and O–H groups in total. The molecule has 2 nitrogen and oxygen atoms in total. The molecule has 0 heterocycles. The predicted molar refractivity (Wildman–Crippen MR) is 39.9 cm³/mol. The molecule has 0 aliphatic heterocycles. The van der Waals surface area contributed by atoms with Crippen molar-refractivity contribution in [2.24, 2.45) is 0 Å². The van der Waals surface area contributed by atoms with E-state index in [4.69, 9.17) is 0 Å². The maximum atomic E-state index is 10.4. The van der Waals surface area contributed by atoms with Crippen molar-refractivity contribution < 1.29 is 32.3 Å². The Morgan fingerprint density at radius 2 is 1.83 bits per heavy atom. The quantitative estimate of drug-likeness (QED) is 0.725. The molecular weight excluding hydrogens is 248 g/mol. The number of carboxylic acids is 1. The summed E-state index contributed by atoms with van der Waals surface area (Å²) < 4.78 is 0. The first-order valence-corrected chi connectivity index (χ1v) is 3.47. The molecular formula is C9H9AgO2. The van der Waals surface area contributed by atoms with Gasteiger partial charge in [-0.25, -0.2) is 0 Å². The summed E-state index contributed by atoms with van der Waals surface area (Å²) in [5.74, 6) is -1.55. The molecule has 0 spiro atoms. The van der Waals surface area contributed by atoms with E-state index in [9.17, 15) is 9.90 Å². The molecule has 0 saturated heterocycles. The van der Waals surface area contributed by atoms with Crippen molar-refractivity contribution in [3.05, 3.63) is 35.9 Å². The third kappa shape index (κ3) is 2.81. The Morgan fingerprint density at radius 1 is 1.33 bits per heavy atom. The Hall–Kier alpha value is -0.570. The van der Waals surface area contributed by atoms with Crippen LogP contribution in [0.4, 0.5) is 0 Å². The van der Waals surface area contributed by atoms with Crippen LogP contribution in [0.2, 0.25) is 0 Å². The van der Waals surface area contributed by atoms with E-state index in [1.807, 2.05) is 18.2 Å². The second-order valence-corrected chi connectivity index (χ2v) is 2.45. The molecule has 1 atom stereocenters. The molecule has 12 heavy (non-hydrogen) atoms. The average molecular weight is 257 g/mol. The number of benzene rings is 1. The molecule has 3 heteroatoms. The maximum Gasteiger partial charge on any atom is 1.00 e. The van der Waals surface area contributed by atoms with Gasteiger partial charge in [0.1, 0.15) is 0 Å². The molecule has 0 saturated carbocycles. The number of carbonyl (C=O) groups is 1. The summed E-state index contributed by atoms with van der Waals surface area (Å²) in [4.78, 5) is 10.4. The van der Waals surface area contributed by atoms with Gasteiger partial charge in [-0.15, -0.1) is 0 Å². The van der Waals surface area contributed by atoms with Crippen LogP contribution in [0.1, 0.15) is 18.4 Å². The van der Waals surface area contributed by atoms with Crippen LogP contribution >= 0.6 is 0 Å². The SMILES string of the molecule is C[C@@H](C(=O)[O-])c1ccccc1.[Ag+]. The van der Waals surface area contributed by atoms with E-state index in [1.54, 1.807) is 19.1 Å². The predicted octanol–water partition coefficient (Wildman–Crippen LogP) is 0.537. The van der Waals surface area contributed by atoms with E-state index < -0.39 is 11.9 Å². The number of hydrogen-bond acceptors (Lipinski definition) is 2. The third-order valence-electron chi connectivity index (χ3n) is 1.65. The first-order chi connectivity index (χ1) is 5.22. The van der Waals surface area contributed by atoms with E-state index in [0.717, 1.165) is 5.56 Å². The fourth-order valence-corrected chi connectivity index (χ4v) is 0.878. The molecule has 0 aliphatic rings. The van der Waals surface area contributed by atoms with E-state index in [0.29, 0.717) is 0 Å². The zero-order valence-corrected chi connectivity index (χ0v) is 8.06. The minimum Gasteiger partial charge on any atom is -0.550 e. The molecule has 0 aromatic heterocycles. The Morgan fingerprint density at radius 3 is 2.25 bits per heavy atom.